The first-order valence-corrected chi connectivity index (χ1v) is 14.1. The SMILES string of the molecule is COc1cc(C=O)cc(I)c1O[C@H]1C=C(C(=O)NCCO)C[C@@H](N(C[C@@H]2CCCO2)C(=O)C2CCC2)[C@@H]1O. The summed E-state index contributed by atoms with van der Waals surface area (Å²) in [5.74, 6) is 0.114. The molecule has 2 aliphatic carbocycles. The highest BCUT2D eigenvalue weighted by Gasteiger charge is 2.44. The predicted octanol–water partition coefficient (Wildman–Crippen LogP) is 1.84. The highest BCUT2D eigenvalue weighted by molar-refractivity contribution is 14.1. The number of methoxy groups -OCH3 is 1. The van der Waals surface area contributed by atoms with Crippen molar-refractivity contribution in [3.05, 3.63) is 32.9 Å². The number of hydrogen-bond donors (Lipinski definition) is 3. The molecule has 1 saturated heterocycles. The number of amides is 2. The number of carbonyl (C=O) groups excluding carboxylic acids is 3. The largest absolute Gasteiger partial charge is 0.493 e. The zero-order chi connectivity index (χ0) is 27.2. The second-order valence-electron chi connectivity index (χ2n) is 9.92. The first-order chi connectivity index (χ1) is 18.4. The molecule has 0 radical (unpaired) electrons. The minimum Gasteiger partial charge on any atom is -0.493 e. The maximum absolute atomic E-state index is 13.6. The van der Waals surface area contributed by atoms with Crippen LogP contribution in [0.3, 0.4) is 0 Å². The van der Waals surface area contributed by atoms with Crippen molar-refractivity contribution in [1.82, 2.24) is 10.2 Å². The van der Waals surface area contributed by atoms with Crippen molar-refractivity contribution in [1.29, 1.82) is 0 Å². The Kier molecular flexibility index (Phi) is 10.0. The van der Waals surface area contributed by atoms with E-state index in [1.165, 1.54) is 7.11 Å². The summed E-state index contributed by atoms with van der Waals surface area (Å²) in [7, 11) is 1.46. The number of aliphatic hydroxyl groups excluding tert-OH is 2. The molecule has 1 aromatic rings. The lowest BCUT2D eigenvalue weighted by Gasteiger charge is -2.43. The van der Waals surface area contributed by atoms with Gasteiger partial charge in [-0.05, 0) is 66.5 Å². The lowest BCUT2D eigenvalue weighted by molar-refractivity contribution is -0.147. The van der Waals surface area contributed by atoms with E-state index in [0.29, 0.717) is 45.6 Å². The number of nitrogens with one attached hydrogen (secondary N) is 1. The molecule has 208 valence electrons. The van der Waals surface area contributed by atoms with Crippen LogP contribution in [-0.2, 0) is 14.3 Å². The lowest BCUT2D eigenvalue weighted by Crippen LogP contribution is -2.58. The average Bonchev–Trinajstić information content (AvgIpc) is 3.40. The lowest BCUT2D eigenvalue weighted by atomic mass is 9.82. The van der Waals surface area contributed by atoms with E-state index < -0.39 is 24.2 Å². The fourth-order valence-corrected chi connectivity index (χ4v) is 5.88. The van der Waals surface area contributed by atoms with Crippen LogP contribution in [0.5, 0.6) is 11.5 Å². The minimum absolute atomic E-state index is 0.0333. The number of aldehydes is 1. The maximum Gasteiger partial charge on any atom is 0.247 e. The molecule has 0 unspecified atom stereocenters. The summed E-state index contributed by atoms with van der Waals surface area (Å²) in [4.78, 5) is 39.6. The first-order valence-electron chi connectivity index (χ1n) is 13.1. The van der Waals surface area contributed by atoms with Gasteiger partial charge in [0.15, 0.2) is 11.5 Å². The monoisotopic (exact) mass is 642 g/mol. The molecule has 3 N–H and O–H groups in total. The Hall–Kier alpha value is -2.22. The highest BCUT2D eigenvalue weighted by Crippen LogP contribution is 2.38. The van der Waals surface area contributed by atoms with Crippen molar-refractivity contribution in [2.45, 2.75) is 62.9 Å². The molecule has 0 aromatic heterocycles. The standard InChI is InChI=1S/C27H35IN2O8/c1-36-23-11-16(15-32)10-20(28)25(23)38-22-13-18(26(34)29-7-8-31)12-21(24(22)33)30(14-19-6-3-9-37-19)27(35)17-4-2-5-17/h10-11,13,15,17,19,21-22,24,31,33H,2-9,12,14H2,1H3,(H,29,34)/t19-,21+,22-,24-/m0/s1. The third-order valence-electron chi connectivity index (χ3n) is 7.42. The van der Waals surface area contributed by atoms with Crippen LogP contribution < -0.4 is 14.8 Å². The number of rotatable bonds is 11. The molecule has 1 saturated carbocycles. The molecule has 4 atom stereocenters. The van der Waals surface area contributed by atoms with E-state index in [0.717, 1.165) is 32.1 Å². The quantitative estimate of drug-likeness (QED) is 0.246. The van der Waals surface area contributed by atoms with Crippen molar-refractivity contribution in [2.75, 3.05) is 33.4 Å². The zero-order valence-electron chi connectivity index (χ0n) is 21.4. The van der Waals surface area contributed by atoms with Crippen LogP contribution in [0.15, 0.2) is 23.8 Å². The Morgan fingerprint density at radius 1 is 1.26 bits per heavy atom. The van der Waals surface area contributed by atoms with Crippen LogP contribution >= 0.6 is 22.6 Å². The highest BCUT2D eigenvalue weighted by atomic mass is 127. The van der Waals surface area contributed by atoms with Gasteiger partial charge in [0.25, 0.3) is 0 Å². The van der Waals surface area contributed by atoms with Crippen LogP contribution in [0.25, 0.3) is 0 Å². The summed E-state index contributed by atoms with van der Waals surface area (Å²) in [5, 5.41) is 23.5. The smallest absolute Gasteiger partial charge is 0.247 e. The first kappa shape index (κ1) is 28.8. The van der Waals surface area contributed by atoms with Gasteiger partial charge in [-0.2, -0.15) is 0 Å². The molecule has 1 aliphatic heterocycles. The molecule has 1 aromatic carbocycles. The normalized spacial score (nSPS) is 25.2. The predicted molar refractivity (Wildman–Crippen MR) is 146 cm³/mol. The third-order valence-corrected chi connectivity index (χ3v) is 8.22. The van der Waals surface area contributed by atoms with Crippen LogP contribution in [0.2, 0.25) is 0 Å². The maximum atomic E-state index is 13.6. The molecule has 4 rings (SSSR count). The number of aliphatic hydroxyl groups is 2. The van der Waals surface area contributed by atoms with Crippen LogP contribution in [0, 0.1) is 9.49 Å². The fraction of sp³-hybridized carbons (Fsp3) is 0.593. The molecule has 38 heavy (non-hydrogen) atoms. The Morgan fingerprint density at radius 3 is 2.66 bits per heavy atom. The summed E-state index contributed by atoms with van der Waals surface area (Å²) < 4.78 is 18.1. The fourth-order valence-electron chi connectivity index (χ4n) is 5.12. The molecular weight excluding hydrogens is 607 g/mol. The van der Waals surface area contributed by atoms with Crippen molar-refractivity contribution >= 4 is 40.7 Å². The van der Waals surface area contributed by atoms with Gasteiger partial charge >= 0.3 is 0 Å². The second kappa shape index (κ2) is 13.2. The van der Waals surface area contributed by atoms with E-state index in [2.05, 4.69) is 5.32 Å². The number of hydrogen-bond acceptors (Lipinski definition) is 8. The van der Waals surface area contributed by atoms with Gasteiger partial charge in [0.05, 0.1) is 29.4 Å². The van der Waals surface area contributed by atoms with E-state index >= 15 is 0 Å². The average molecular weight is 642 g/mol. The number of halogens is 1. The van der Waals surface area contributed by atoms with E-state index in [1.54, 1.807) is 23.1 Å². The molecule has 1 heterocycles. The third kappa shape index (κ3) is 6.49. The number of benzene rings is 1. The topological polar surface area (TPSA) is 135 Å². The summed E-state index contributed by atoms with van der Waals surface area (Å²) >= 11 is 2.03. The summed E-state index contributed by atoms with van der Waals surface area (Å²) in [5.41, 5.74) is 0.769. The van der Waals surface area contributed by atoms with Gasteiger partial charge in [-0.3, -0.25) is 14.4 Å². The van der Waals surface area contributed by atoms with Gasteiger partial charge in [0.1, 0.15) is 18.5 Å². The van der Waals surface area contributed by atoms with E-state index in [-0.39, 0.29) is 37.5 Å². The minimum atomic E-state index is -1.14. The van der Waals surface area contributed by atoms with Crippen molar-refractivity contribution in [3.63, 3.8) is 0 Å². The molecule has 0 spiro atoms. The Labute approximate surface area is 235 Å². The Balaban J connectivity index is 1.68. The van der Waals surface area contributed by atoms with Gasteiger partial charge in [0.2, 0.25) is 11.8 Å². The molecular formula is C27H35IN2O8. The molecule has 2 amide bonds. The molecule has 3 aliphatic rings. The van der Waals surface area contributed by atoms with Crippen LogP contribution in [0.4, 0.5) is 0 Å². The van der Waals surface area contributed by atoms with Crippen molar-refractivity contribution < 1.29 is 38.8 Å². The Bertz CT molecular complexity index is 1050. The molecule has 2 fully saturated rings. The molecule has 11 heteroatoms. The summed E-state index contributed by atoms with van der Waals surface area (Å²) in [6.07, 6.45) is 4.52. The van der Waals surface area contributed by atoms with E-state index in [1.807, 2.05) is 22.6 Å². The second-order valence-corrected chi connectivity index (χ2v) is 11.1. The number of carbonyl (C=O) groups is 3. The van der Waals surface area contributed by atoms with Gasteiger partial charge in [0, 0.05) is 43.2 Å². The van der Waals surface area contributed by atoms with Gasteiger partial charge < -0.3 is 34.6 Å². The van der Waals surface area contributed by atoms with Crippen LogP contribution in [-0.4, -0.2) is 91.0 Å². The number of nitrogens with zero attached hydrogens (tertiary/aromatic N) is 1. The van der Waals surface area contributed by atoms with Gasteiger partial charge in [-0.1, -0.05) is 6.42 Å². The van der Waals surface area contributed by atoms with Gasteiger partial charge in [-0.25, -0.2) is 0 Å². The van der Waals surface area contributed by atoms with Crippen LogP contribution in [0.1, 0.15) is 48.9 Å². The van der Waals surface area contributed by atoms with Crippen molar-refractivity contribution in [3.8, 4) is 11.5 Å². The summed E-state index contributed by atoms with van der Waals surface area (Å²) in [6, 6.07) is 2.47. The molecule has 0 bridgehead atoms. The van der Waals surface area contributed by atoms with Gasteiger partial charge in [-0.15, -0.1) is 0 Å². The van der Waals surface area contributed by atoms with E-state index in [9.17, 15) is 24.6 Å². The number of ether oxygens (including phenoxy) is 3. The zero-order valence-corrected chi connectivity index (χ0v) is 23.6. The molecule has 10 nitrogen and oxygen atoms in total. The van der Waals surface area contributed by atoms with Crippen molar-refractivity contribution in [2.24, 2.45) is 5.92 Å². The Morgan fingerprint density at radius 2 is 2.05 bits per heavy atom. The summed E-state index contributed by atoms with van der Waals surface area (Å²) in [6.45, 7) is 0.840. The van der Waals surface area contributed by atoms with E-state index in [4.69, 9.17) is 14.2 Å².